The van der Waals surface area contributed by atoms with Crippen LogP contribution in [0.1, 0.15) is 57.6 Å². The molecular weight excluding hydrogens is 417 g/mol. The summed E-state index contributed by atoms with van der Waals surface area (Å²) >= 11 is -1.40. The molecule has 1 aliphatic rings. The molecule has 168 valence electrons. The lowest BCUT2D eigenvalue weighted by atomic mass is 9.79. The van der Waals surface area contributed by atoms with Crippen molar-refractivity contribution >= 4 is 23.1 Å². The maximum Gasteiger partial charge on any atom is 0.411 e. The van der Waals surface area contributed by atoms with Gasteiger partial charge in [-0.15, -0.1) is 4.72 Å². The van der Waals surface area contributed by atoms with E-state index in [1.54, 1.807) is 24.5 Å². The average Bonchev–Trinajstić information content (AvgIpc) is 3.57. The van der Waals surface area contributed by atoms with Gasteiger partial charge in [0.05, 0.1) is 12.8 Å². The first-order valence-corrected chi connectivity index (χ1v) is 11.6. The lowest BCUT2D eigenvalue weighted by Gasteiger charge is -2.38. The minimum absolute atomic E-state index is 0.0116. The second-order valence-electron chi connectivity index (χ2n) is 8.92. The monoisotopic (exact) mass is 447 g/mol. The zero-order chi connectivity index (χ0) is 22.6. The van der Waals surface area contributed by atoms with Crippen LogP contribution in [0.2, 0.25) is 0 Å². The number of amides is 1. The van der Waals surface area contributed by atoms with Crippen LogP contribution in [-0.2, 0) is 21.6 Å². The summed E-state index contributed by atoms with van der Waals surface area (Å²) in [6.07, 6.45) is 6.62. The van der Waals surface area contributed by atoms with Crippen LogP contribution in [0.15, 0.2) is 42.7 Å². The van der Waals surface area contributed by atoms with Crippen molar-refractivity contribution in [3.63, 3.8) is 0 Å². The van der Waals surface area contributed by atoms with E-state index in [0.717, 1.165) is 12.0 Å². The second-order valence-corrected chi connectivity index (χ2v) is 10.9. The van der Waals surface area contributed by atoms with E-state index in [0.29, 0.717) is 17.9 Å². The van der Waals surface area contributed by atoms with E-state index in [2.05, 4.69) is 19.8 Å². The molecule has 6 nitrogen and oxygen atoms in total. The first kappa shape index (κ1) is 23.5. The highest BCUT2D eigenvalue weighted by molar-refractivity contribution is 7.90. The summed E-state index contributed by atoms with van der Waals surface area (Å²) in [7, 11) is 1.22. The summed E-state index contributed by atoms with van der Waals surface area (Å²) in [4.78, 5) is 15.9. The molecule has 0 bridgehead atoms. The van der Waals surface area contributed by atoms with Gasteiger partial charge in [-0.05, 0) is 74.9 Å². The minimum Gasteiger partial charge on any atom is -0.598 e. The van der Waals surface area contributed by atoms with Gasteiger partial charge in [-0.2, -0.15) is 0 Å². The molecule has 1 saturated carbocycles. The van der Waals surface area contributed by atoms with E-state index in [9.17, 15) is 13.7 Å². The first-order valence-electron chi connectivity index (χ1n) is 10.4. The van der Waals surface area contributed by atoms with E-state index in [4.69, 9.17) is 0 Å². The second kappa shape index (κ2) is 9.54. The normalized spacial score (nSPS) is 17.0. The standard InChI is InChI=1S/C23H30FN3O3S/c1-22(2,3)31(29)27-23(12-9-16-5-6-16,17-10-13-25-14-11-17)18-7-8-19(24)20(15-18)26-21(28)30-4/h7-8,10-11,13-16,27H,5-6,9,12H2,1-4H3,(H,26,28)/t23?,31-/m1/s1. The van der Waals surface area contributed by atoms with Crippen molar-refractivity contribution in [2.75, 3.05) is 12.4 Å². The summed E-state index contributed by atoms with van der Waals surface area (Å²) in [6, 6.07) is 8.35. The molecule has 0 spiro atoms. The maximum absolute atomic E-state index is 14.5. The van der Waals surface area contributed by atoms with Crippen LogP contribution in [0.25, 0.3) is 0 Å². The van der Waals surface area contributed by atoms with E-state index in [1.807, 2.05) is 32.9 Å². The van der Waals surface area contributed by atoms with Crippen molar-refractivity contribution in [3.05, 3.63) is 59.7 Å². The van der Waals surface area contributed by atoms with Crippen LogP contribution in [-0.4, -0.2) is 27.5 Å². The highest BCUT2D eigenvalue weighted by Gasteiger charge is 2.43. The van der Waals surface area contributed by atoms with Crippen molar-refractivity contribution in [2.24, 2.45) is 5.92 Å². The first-order chi connectivity index (χ1) is 14.7. The number of aromatic nitrogens is 1. The molecule has 1 aromatic heterocycles. The summed E-state index contributed by atoms with van der Waals surface area (Å²) in [5, 5.41) is 2.43. The van der Waals surface area contributed by atoms with Crippen molar-refractivity contribution in [2.45, 2.75) is 56.7 Å². The summed E-state index contributed by atoms with van der Waals surface area (Å²) in [5.74, 6) is 0.0658. The molecule has 0 radical (unpaired) electrons. The number of ether oxygens (including phenoxy) is 1. The van der Waals surface area contributed by atoms with Crippen LogP contribution in [0.5, 0.6) is 0 Å². The van der Waals surface area contributed by atoms with Gasteiger partial charge in [0.25, 0.3) is 0 Å². The summed E-state index contributed by atoms with van der Waals surface area (Å²) < 4.78 is 35.3. The molecule has 8 heteroatoms. The minimum atomic E-state index is -1.40. The number of pyridine rings is 1. The van der Waals surface area contributed by atoms with Gasteiger partial charge in [-0.1, -0.05) is 18.9 Å². The van der Waals surface area contributed by atoms with Gasteiger partial charge in [0.2, 0.25) is 0 Å². The SMILES string of the molecule is COC(=O)Nc1cc(C(CCC2CC2)(N[S@+]([O-])C(C)(C)C)c2ccncc2)ccc1F. The van der Waals surface area contributed by atoms with E-state index in [1.165, 1.54) is 26.0 Å². The van der Waals surface area contributed by atoms with Crippen LogP contribution < -0.4 is 10.0 Å². The zero-order valence-electron chi connectivity index (χ0n) is 18.4. The van der Waals surface area contributed by atoms with Gasteiger partial charge in [0.15, 0.2) is 0 Å². The molecule has 1 aromatic carbocycles. The van der Waals surface area contributed by atoms with E-state index >= 15 is 0 Å². The molecule has 1 amide bonds. The molecule has 1 heterocycles. The molecule has 0 aliphatic heterocycles. The van der Waals surface area contributed by atoms with Crippen molar-refractivity contribution in [3.8, 4) is 0 Å². The topological polar surface area (TPSA) is 86.3 Å². The third kappa shape index (κ3) is 5.75. The fraction of sp³-hybridized carbons (Fsp3) is 0.478. The van der Waals surface area contributed by atoms with Gasteiger partial charge >= 0.3 is 6.09 Å². The van der Waals surface area contributed by atoms with Gasteiger partial charge < -0.3 is 9.29 Å². The molecule has 0 saturated heterocycles. The fourth-order valence-electron chi connectivity index (χ4n) is 3.45. The Bertz CT molecular complexity index is 903. The Kier molecular flexibility index (Phi) is 7.24. The maximum atomic E-state index is 14.5. The van der Waals surface area contributed by atoms with Crippen molar-refractivity contribution in [1.82, 2.24) is 9.71 Å². The van der Waals surface area contributed by atoms with Crippen molar-refractivity contribution < 1.29 is 18.5 Å². The lowest BCUT2D eigenvalue weighted by molar-refractivity contribution is 0.186. The molecular formula is C23H30FN3O3S. The number of rotatable bonds is 8. The molecule has 31 heavy (non-hydrogen) atoms. The molecule has 3 rings (SSSR count). The van der Waals surface area contributed by atoms with Crippen LogP contribution in [0.4, 0.5) is 14.9 Å². The summed E-state index contributed by atoms with van der Waals surface area (Å²) in [5.41, 5.74) is 0.767. The number of hydrogen-bond donors (Lipinski definition) is 2. The van der Waals surface area contributed by atoms with E-state index in [-0.39, 0.29) is 5.69 Å². The Labute approximate surface area is 186 Å². The highest BCUT2D eigenvalue weighted by Crippen LogP contribution is 2.42. The number of benzene rings is 1. The van der Waals surface area contributed by atoms with Crippen LogP contribution in [0.3, 0.4) is 0 Å². The number of halogens is 1. The Morgan fingerprint density at radius 1 is 1.23 bits per heavy atom. The van der Waals surface area contributed by atoms with Gasteiger partial charge in [0.1, 0.15) is 16.1 Å². The van der Waals surface area contributed by atoms with E-state index < -0.39 is 33.6 Å². The smallest absolute Gasteiger partial charge is 0.411 e. The van der Waals surface area contributed by atoms with Gasteiger partial charge in [-0.3, -0.25) is 10.3 Å². The number of nitrogens with one attached hydrogen (secondary N) is 2. The highest BCUT2D eigenvalue weighted by atomic mass is 32.2. The molecule has 1 unspecified atom stereocenters. The molecule has 1 aliphatic carbocycles. The Hall–Kier alpha value is -2.16. The predicted molar refractivity (Wildman–Crippen MR) is 120 cm³/mol. The molecule has 2 N–H and O–H groups in total. The van der Waals surface area contributed by atoms with Gasteiger partial charge in [0, 0.05) is 23.8 Å². The van der Waals surface area contributed by atoms with Crippen molar-refractivity contribution in [1.29, 1.82) is 0 Å². The number of hydrogen-bond acceptors (Lipinski definition) is 5. The number of carbonyl (C=O) groups is 1. The third-order valence-electron chi connectivity index (χ3n) is 5.50. The van der Waals surface area contributed by atoms with Gasteiger partial charge in [-0.25, -0.2) is 9.18 Å². The Balaban J connectivity index is 2.13. The quantitative estimate of drug-likeness (QED) is 0.563. The third-order valence-corrected chi connectivity index (χ3v) is 7.15. The summed E-state index contributed by atoms with van der Waals surface area (Å²) in [6.45, 7) is 5.72. The number of nitrogens with zero attached hydrogens (tertiary/aromatic N) is 1. The Morgan fingerprint density at radius 3 is 2.48 bits per heavy atom. The van der Waals surface area contributed by atoms with Crippen LogP contribution in [0, 0.1) is 11.7 Å². The lowest BCUT2D eigenvalue weighted by Crippen LogP contribution is -2.52. The Morgan fingerprint density at radius 2 is 1.90 bits per heavy atom. The largest absolute Gasteiger partial charge is 0.598 e. The number of carbonyl (C=O) groups excluding carboxylic acids is 1. The number of methoxy groups -OCH3 is 1. The zero-order valence-corrected chi connectivity index (χ0v) is 19.2. The number of anilines is 1. The average molecular weight is 448 g/mol. The predicted octanol–water partition coefficient (Wildman–Crippen LogP) is 4.88. The molecule has 2 atom stereocenters. The van der Waals surface area contributed by atoms with Crippen LogP contribution >= 0.6 is 0 Å². The molecule has 1 fully saturated rings. The molecule has 2 aromatic rings. The fourth-order valence-corrected chi connectivity index (χ4v) is 4.41.